The van der Waals surface area contributed by atoms with E-state index in [1.54, 1.807) is 30.3 Å². The van der Waals surface area contributed by atoms with Crippen LogP contribution in [0.1, 0.15) is 47.6 Å². The summed E-state index contributed by atoms with van der Waals surface area (Å²) in [5, 5.41) is 3.73. The molecule has 6 rings (SSSR count). The van der Waals surface area contributed by atoms with Crippen LogP contribution in [0.3, 0.4) is 0 Å². The predicted molar refractivity (Wildman–Crippen MR) is 150 cm³/mol. The quantitative estimate of drug-likeness (QED) is 0.221. The van der Waals surface area contributed by atoms with Crippen LogP contribution < -0.4 is 4.18 Å². The van der Waals surface area contributed by atoms with Crippen molar-refractivity contribution in [1.29, 1.82) is 0 Å². The highest BCUT2D eigenvalue weighted by Crippen LogP contribution is 2.46. The van der Waals surface area contributed by atoms with Gasteiger partial charge in [0.05, 0.1) is 0 Å². The van der Waals surface area contributed by atoms with Crippen LogP contribution in [-0.2, 0) is 10.1 Å². The van der Waals surface area contributed by atoms with Gasteiger partial charge in [0, 0.05) is 15.0 Å². The number of benzene rings is 4. The first-order valence-electron chi connectivity index (χ1n) is 12.5. The molecule has 1 aliphatic rings. The highest BCUT2D eigenvalue weighted by molar-refractivity contribution is 7.87. The van der Waals surface area contributed by atoms with Gasteiger partial charge in [0.15, 0.2) is 0 Å². The summed E-state index contributed by atoms with van der Waals surface area (Å²) >= 11 is 1.84. The van der Waals surface area contributed by atoms with Gasteiger partial charge in [-0.15, -0.1) is 11.3 Å². The van der Waals surface area contributed by atoms with Gasteiger partial charge in [-0.3, -0.25) is 0 Å². The lowest BCUT2D eigenvalue weighted by molar-refractivity contribution is 0.479. The molecule has 0 radical (unpaired) electrons. The summed E-state index contributed by atoms with van der Waals surface area (Å²) in [6.45, 7) is 4.39. The third-order valence-corrected chi connectivity index (χ3v) is 9.91. The summed E-state index contributed by atoms with van der Waals surface area (Å²) < 4.78 is 33.3. The molecule has 1 aliphatic carbocycles. The Balaban J connectivity index is 1.56. The highest BCUT2D eigenvalue weighted by Gasteiger charge is 2.26. The van der Waals surface area contributed by atoms with Crippen molar-refractivity contribution >= 4 is 42.3 Å². The van der Waals surface area contributed by atoms with Gasteiger partial charge in [-0.1, -0.05) is 61.4 Å². The molecular formula is C31H28O3S2. The highest BCUT2D eigenvalue weighted by atomic mass is 32.2. The van der Waals surface area contributed by atoms with Gasteiger partial charge in [0.2, 0.25) is 0 Å². The molecule has 0 atom stereocenters. The Kier molecular flexibility index (Phi) is 5.85. The lowest BCUT2D eigenvalue weighted by Gasteiger charge is -2.19. The van der Waals surface area contributed by atoms with E-state index in [-0.39, 0.29) is 4.90 Å². The van der Waals surface area contributed by atoms with Crippen molar-refractivity contribution in [3.8, 4) is 16.9 Å². The minimum atomic E-state index is -3.91. The van der Waals surface area contributed by atoms with E-state index in [0.717, 1.165) is 36.8 Å². The predicted octanol–water partition coefficient (Wildman–Crippen LogP) is 8.76. The lowest BCUT2D eigenvalue weighted by atomic mass is 9.89. The van der Waals surface area contributed by atoms with Crippen molar-refractivity contribution < 1.29 is 12.6 Å². The van der Waals surface area contributed by atoms with Crippen LogP contribution in [0.4, 0.5) is 0 Å². The van der Waals surface area contributed by atoms with Crippen LogP contribution in [0.5, 0.6) is 5.75 Å². The number of rotatable bonds is 5. The fourth-order valence-electron chi connectivity index (χ4n) is 5.58. The van der Waals surface area contributed by atoms with Crippen molar-refractivity contribution in [3.05, 3.63) is 94.9 Å². The molecule has 1 aromatic heterocycles. The first kappa shape index (κ1) is 23.3. The van der Waals surface area contributed by atoms with Gasteiger partial charge in [-0.25, -0.2) is 0 Å². The van der Waals surface area contributed by atoms with E-state index in [1.807, 2.05) is 23.5 Å². The number of thiophene rings is 1. The molecule has 5 heteroatoms. The Morgan fingerprint density at radius 1 is 0.861 bits per heavy atom. The van der Waals surface area contributed by atoms with Crippen LogP contribution in [0.2, 0.25) is 0 Å². The molecule has 1 saturated carbocycles. The van der Waals surface area contributed by atoms with Crippen molar-refractivity contribution in [3.63, 3.8) is 0 Å². The largest absolute Gasteiger partial charge is 0.379 e. The second-order valence-corrected chi connectivity index (χ2v) is 12.5. The molecule has 0 unspecified atom stereocenters. The van der Waals surface area contributed by atoms with Crippen molar-refractivity contribution in [2.75, 3.05) is 0 Å². The third-order valence-electron chi connectivity index (χ3n) is 7.50. The van der Waals surface area contributed by atoms with Crippen LogP contribution in [0, 0.1) is 13.8 Å². The van der Waals surface area contributed by atoms with Crippen molar-refractivity contribution in [1.82, 2.24) is 0 Å². The standard InChI is InChI=1S/C31H28O3S2/c1-20-21(2)35-29-19-23-12-8-9-15-26(23)31(30(20)29)24-16-17-28(27(18-24)22-10-6-7-11-22)34-36(32,33)25-13-4-3-5-14-25/h3-5,8-9,12-19,22H,6-7,10-11H2,1-2H3. The summed E-state index contributed by atoms with van der Waals surface area (Å²) in [6.07, 6.45) is 4.40. The van der Waals surface area contributed by atoms with E-state index in [2.05, 4.69) is 50.2 Å². The molecule has 1 fully saturated rings. The monoisotopic (exact) mass is 512 g/mol. The Morgan fingerprint density at radius 3 is 2.36 bits per heavy atom. The molecule has 4 aromatic carbocycles. The summed E-state index contributed by atoms with van der Waals surface area (Å²) in [6, 6.07) is 25.3. The molecule has 0 N–H and O–H groups in total. The number of aryl methyl sites for hydroxylation is 2. The van der Waals surface area contributed by atoms with Crippen molar-refractivity contribution in [2.24, 2.45) is 0 Å². The molecule has 5 aromatic rings. The van der Waals surface area contributed by atoms with Gasteiger partial charge in [0.1, 0.15) is 10.6 Å². The van der Waals surface area contributed by atoms with Gasteiger partial charge >= 0.3 is 10.1 Å². The lowest BCUT2D eigenvalue weighted by Crippen LogP contribution is -2.11. The molecule has 0 aliphatic heterocycles. The van der Waals surface area contributed by atoms with Gasteiger partial charge in [-0.05, 0) is 96.0 Å². The Bertz CT molecular complexity index is 1690. The Morgan fingerprint density at radius 2 is 1.58 bits per heavy atom. The van der Waals surface area contributed by atoms with Gasteiger partial charge in [-0.2, -0.15) is 8.42 Å². The second kappa shape index (κ2) is 9.06. The van der Waals surface area contributed by atoms with Crippen LogP contribution in [0.15, 0.2) is 83.8 Å². The molecule has 0 saturated heterocycles. The first-order chi connectivity index (χ1) is 17.4. The number of hydrogen-bond acceptors (Lipinski definition) is 4. The Hall–Kier alpha value is -3.15. The maximum absolute atomic E-state index is 13.1. The second-order valence-electron chi connectivity index (χ2n) is 9.71. The minimum Gasteiger partial charge on any atom is -0.379 e. The molecule has 0 spiro atoms. The Labute approximate surface area is 216 Å². The fraction of sp³-hybridized carbons (Fsp3) is 0.226. The average molecular weight is 513 g/mol. The molecule has 36 heavy (non-hydrogen) atoms. The SMILES string of the molecule is Cc1sc2cc3ccccc3c(-c3ccc(OS(=O)(=O)c4ccccc4)c(C4CCCC4)c3)c2c1C. The average Bonchev–Trinajstić information content (AvgIpc) is 3.52. The zero-order valence-electron chi connectivity index (χ0n) is 20.5. The van der Waals surface area contributed by atoms with Gasteiger partial charge in [0.25, 0.3) is 0 Å². The smallest absolute Gasteiger partial charge is 0.339 e. The summed E-state index contributed by atoms with van der Waals surface area (Å²) in [4.78, 5) is 1.50. The van der Waals surface area contributed by atoms with Crippen LogP contribution >= 0.6 is 11.3 Å². The third kappa shape index (κ3) is 4.00. The van der Waals surface area contributed by atoms with Crippen LogP contribution in [-0.4, -0.2) is 8.42 Å². The van der Waals surface area contributed by atoms with E-state index in [9.17, 15) is 8.42 Å². The topological polar surface area (TPSA) is 43.4 Å². The summed E-state index contributed by atoms with van der Waals surface area (Å²) in [5.74, 6) is 0.742. The molecule has 1 heterocycles. The number of hydrogen-bond donors (Lipinski definition) is 0. The molecule has 3 nitrogen and oxygen atoms in total. The maximum atomic E-state index is 13.1. The van der Waals surface area contributed by atoms with E-state index in [1.165, 1.54) is 36.9 Å². The zero-order valence-corrected chi connectivity index (χ0v) is 22.1. The zero-order chi connectivity index (χ0) is 24.9. The van der Waals surface area contributed by atoms with E-state index < -0.39 is 10.1 Å². The van der Waals surface area contributed by atoms with E-state index in [0.29, 0.717) is 11.7 Å². The summed E-state index contributed by atoms with van der Waals surface area (Å²) in [7, 11) is -3.91. The van der Waals surface area contributed by atoms with Crippen LogP contribution in [0.25, 0.3) is 32.0 Å². The number of fused-ring (bicyclic) bond motifs is 2. The fourth-order valence-corrected chi connectivity index (χ4v) is 7.68. The van der Waals surface area contributed by atoms with Crippen molar-refractivity contribution in [2.45, 2.75) is 50.3 Å². The van der Waals surface area contributed by atoms with E-state index >= 15 is 0 Å². The maximum Gasteiger partial charge on any atom is 0.339 e. The van der Waals surface area contributed by atoms with Gasteiger partial charge < -0.3 is 4.18 Å². The van der Waals surface area contributed by atoms with E-state index in [4.69, 9.17) is 4.18 Å². The molecular weight excluding hydrogens is 484 g/mol. The minimum absolute atomic E-state index is 0.173. The molecule has 0 bridgehead atoms. The summed E-state index contributed by atoms with van der Waals surface area (Å²) in [5.41, 5.74) is 4.64. The normalized spacial score (nSPS) is 14.6. The molecule has 0 amide bonds. The molecule has 182 valence electrons. The first-order valence-corrected chi connectivity index (χ1v) is 14.7.